The topological polar surface area (TPSA) is 66.4 Å². The number of phenolic OH excluding ortho intramolecular Hbond substituents is 1. The Hall–Kier alpha value is -1.56. The minimum atomic E-state index is -3.70. The third-order valence-electron chi connectivity index (χ3n) is 2.77. The van der Waals surface area contributed by atoms with Gasteiger partial charge < -0.3 is 5.11 Å². The molecule has 106 valence electrons. The second kappa shape index (κ2) is 6.26. The van der Waals surface area contributed by atoms with Crippen LogP contribution in [0.1, 0.15) is 5.56 Å². The molecule has 2 N–H and O–H groups in total. The fourth-order valence-corrected chi connectivity index (χ4v) is 3.00. The fraction of sp³-hybridized carbons (Fsp3) is 0.143. The Morgan fingerprint density at radius 3 is 2.35 bits per heavy atom. The zero-order chi connectivity index (χ0) is 14.6. The van der Waals surface area contributed by atoms with Crippen LogP contribution in [0.5, 0.6) is 5.75 Å². The molecule has 6 heteroatoms. The molecule has 0 bridgehead atoms. The smallest absolute Gasteiger partial charge is 0.244 e. The Bertz CT molecular complexity index is 684. The van der Waals surface area contributed by atoms with Gasteiger partial charge in [0.2, 0.25) is 10.0 Å². The summed E-state index contributed by atoms with van der Waals surface area (Å²) in [5.74, 6) is -0.258. The van der Waals surface area contributed by atoms with Gasteiger partial charge in [-0.3, -0.25) is 0 Å². The number of sulfonamides is 1. The van der Waals surface area contributed by atoms with E-state index in [1.807, 2.05) is 12.1 Å². The first-order valence-corrected chi connectivity index (χ1v) is 7.87. The number of hydrogen-bond acceptors (Lipinski definition) is 3. The highest BCUT2D eigenvalue weighted by atomic mass is 35.5. The molecular weight excluding hydrogens is 298 g/mol. The molecular formula is C14H14ClNO3S. The van der Waals surface area contributed by atoms with Gasteiger partial charge in [0.15, 0.2) is 0 Å². The van der Waals surface area contributed by atoms with E-state index in [0.717, 1.165) is 5.56 Å². The average molecular weight is 312 g/mol. The SMILES string of the molecule is O=S(=O)(NCCc1ccc(Cl)cc1)c1ccccc1O. The van der Waals surface area contributed by atoms with Crippen LogP contribution in [0, 0.1) is 0 Å². The minimum absolute atomic E-state index is 0.115. The molecule has 0 heterocycles. The highest BCUT2D eigenvalue weighted by Gasteiger charge is 2.17. The van der Waals surface area contributed by atoms with Crippen LogP contribution >= 0.6 is 11.6 Å². The number of aromatic hydroxyl groups is 1. The lowest BCUT2D eigenvalue weighted by atomic mass is 10.2. The van der Waals surface area contributed by atoms with Crippen LogP contribution in [0.25, 0.3) is 0 Å². The molecule has 0 aromatic heterocycles. The van der Waals surface area contributed by atoms with Crippen molar-refractivity contribution in [2.75, 3.05) is 6.54 Å². The third-order valence-corrected chi connectivity index (χ3v) is 4.53. The highest BCUT2D eigenvalue weighted by Crippen LogP contribution is 2.20. The van der Waals surface area contributed by atoms with E-state index in [1.54, 1.807) is 24.3 Å². The van der Waals surface area contributed by atoms with Gasteiger partial charge in [-0.15, -0.1) is 0 Å². The van der Waals surface area contributed by atoms with E-state index in [4.69, 9.17) is 11.6 Å². The quantitative estimate of drug-likeness (QED) is 0.892. The third kappa shape index (κ3) is 3.72. The summed E-state index contributed by atoms with van der Waals surface area (Å²) < 4.78 is 26.5. The van der Waals surface area contributed by atoms with Crippen molar-refractivity contribution in [3.05, 3.63) is 59.1 Å². The van der Waals surface area contributed by atoms with Crippen molar-refractivity contribution in [3.63, 3.8) is 0 Å². The first kappa shape index (κ1) is 14.8. The molecule has 0 spiro atoms. The van der Waals surface area contributed by atoms with E-state index in [0.29, 0.717) is 11.4 Å². The molecule has 4 nitrogen and oxygen atoms in total. The monoisotopic (exact) mass is 311 g/mol. The summed E-state index contributed by atoms with van der Waals surface area (Å²) in [5, 5.41) is 10.2. The van der Waals surface area contributed by atoms with Crippen LogP contribution in [0.4, 0.5) is 0 Å². The van der Waals surface area contributed by atoms with Gasteiger partial charge in [0.25, 0.3) is 0 Å². The lowest BCUT2D eigenvalue weighted by Crippen LogP contribution is -2.26. The van der Waals surface area contributed by atoms with Crippen molar-refractivity contribution in [1.29, 1.82) is 0 Å². The van der Waals surface area contributed by atoms with Gasteiger partial charge in [-0.25, -0.2) is 13.1 Å². The van der Waals surface area contributed by atoms with Crippen LogP contribution in [-0.2, 0) is 16.4 Å². The standard InChI is InChI=1S/C14H14ClNO3S/c15-12-7-5-11(6-8-12)9-10-16-20(18,19)14-4-2-1-3-13(14)17/h1-8,16-17H,9-10H2. The number of rotatable bonds is 5. The maximum Gasteiger partial charge on any atom is 0.244 e. The summed E-state index contributed by atoms with van der Waals surface area (Å²) in [6, 6.07) is 13.0. The summed E-state index contributed by atoms with van der Waals surface area (Å²) in [6.45, 7) is 0.248. The summed E-state index contributed by atoms with van der Waals surface area (Å²) in [5.41, 5.74) is 0.981. The molecule has 2 aromatic carbocycles. The summed E-state index contributed by atoms with van der Waals surface area (Å²) >= 11 is 5.78. The fourth-order valence-electron chi connectivity index (χ4n) is 1.74. The molecule has 0 saturated carbocycles. The Morgan fingerprint density at radius 1 is 1.05 bits per heavy atom. The molecule has 0 radical (unpaired) electrons. The molecule has 0 aliphatic rings. The van der Waals surface area contributed by atoms with Gasteiger partial charge in [0.1, 0.15) is 10.6 Å². The van der Waals surface area contributed by atoms with E-state index < -0.39 is 10.0 Å². The van der Waals surface area contributed by atoms with Crippen molar-refractivity contribution >= 4 is 21.6 Å². The molecule has 20 heavy (non-hydrogen) atoms. The normalized spacial score (nSPS) is 11.4. The Labute approximate surface area is 123 Å². The Balaban J connectivity index is 2.00. The first-order valence-electron chi connectivity index (χ1n) is 6.01. The Morgan fingerprint density at radius 2 is 1.70 bits per heavy atom. The van der Waals surface area contributed by atoms with Gasteiger partial charge in [-0.05, 0) is 36.2 Å². The number of nitrogens with one attached hydrogen (secondary N) is 1. The maximum atomic E-state index is 12.0. The van der Waals surface area contributed by atoms with Crippen LogP contribution < -0.4 is 4.72 Å². The minimum Gasteiger partial charge on any atom is -0.507 e. The molecule has 2 rings (SSSR count). The second-order valence-electron chi connectivity index (χ2n) is 4.24. The molecule has 0 saturated heterocycles. The van der Waals surface area contributed by atoms with Gasteiger partial charge in [0, 0.05) is 11.6 Å². The molecule has 2 aromatic rings. The van der Waals surface area contributed by atoms with Gasteiger partial charge in [0.05, 0.1) is 0 Å². The van der Waals surface area contributed by atoms with Crippen LogP contribution in [0.2, 0.25) is 5.02 Å². The van der Waals surface area contributed by atoms with Crippen molar-refractivity contribution in [2.45, 2.75) is 11.3 Å². The molecule has 0 fully saturated rings. The van der Waals surface area contributed by atoms with Crippen molar-refractivity contribution < 1.29 is 13.5 Å². The van der Waals surface area contributed by atoms with Crippen molar-refractivity contribution in [2.24, 2.45) is 0 Å². The van der Waals surface area contributed by atoms with Crippen LogP contribution in [-0.4, -0.2) is 20.1 Å². The predicted molar refractivity (Wildman–Crippen MR) is 78.5 cm³/mol. The van der Waals surface area contributed by atoms with E-state index >= 15 is 0 Å². The summed E-state index contributed by atoms with van der Waals surface area (Å²) in [4.78, 5) is -0.115. The molecule has 0 aliphatic carbocycles. The summed E-state index contributed by atoms with van der Waals surface area (Å²) in [7, 11) is -3.70. The first-order chi connectivity index (χ1) is 9.49. The molecule has 0 aliphatic heterocycles. The van der Waals surface area contributed by atoms with Crippen molar-refractivity contribution in [3.8, 4) is 5.75 Å². The van der Waals surface area contributed by atoms with E-state index in [9.17, 15) is 13.5 Å². The van der Waals surface area contributed by atoms with Gasteiger partial charge in [-0.2, -0.15) is 0 Å². The van der Waals surface area contributed by atoms with E-state index in [1.165, 1.54) is 12.1 Å². The number of benzene rings is 2. The maximum absolute atomic E-state index is 12.0. The predicted octanol–water partition coefficient (Wildman–Crippen LogP) is 2.57. The zero-order valence-electron chi connectivity index (χ0n) is 10.6. The molecule has 0 unspecified atom stereocenters. The zero-order valence-corrected chi connectivity index (χ0v) is 12.2. The highest BCUT2D eigenvalue weighted by molar-refractivity contribution is 7.89. The largest absolute Gasteiger partial charge is 0.507 e. The van der Waals surface area contributed by atoms with Gasteiger partial charge in [-0.1, -0.05) is 35.9 Å². The van der Waals surface area contributed by atoms with Gasteiger partial charge >= 0.3 is 0 Å². The average Bonchev–Trinajstić information content (AvgIpc) is 2.41. The molecule has 0 amide bonds. The summed E-state index contributed by atoms with van der Waals surface area (Å²) in [6.07, 6.45) is 0.546. The van der Waals surface area contributed by atoms with E-state index in [2.05, 4.69) is 4.72 Å². The number of hydrogen-bond donors (Lipinski definition) is 2. The number of phenols is 1. The van der Waals surface area contributed by atoms with Crippen molar-refractivity contribution in [1.82, 2.24) is 4.72 Å². The Kier molecular flexibility index (Phi) is 4.65. The number of para-hydroxylation sites is 1. The van der Waals surface area contributed by atoms with Crippen LogP contribution in [0.15, 0.2) is 53.4 Å². The number of halogens is 1. The lowest BCUT2D eigenvalue weighted by Gasteiger charge is -2.08. The van der Waals surface area contributed by atoms with Crippen LogP contribution in [0.3, 0.4) is 0 Å². The lowest BCUT2D eigenvalue weighted by molar-refractivity contribution is 0.458. The molecule has 0 atom stereocenters. The van der Waals surface area contributed by atoms with E-state index in [-0.39, 0.29) is 17.2 Å². The second-order valence-corrected chi connectivity index (χ2v) is 6.41.